The molecule has 0 radical (unpaired) electrons. The zero-order valence-corrected chi connectivity index (χ0v) is 12.4. The van der Waals surface area contributed by atoms with Crippen molar-refractivity contribution >= 4 is 15.9 Å². The number of alkyl halides is 4. The monoisotopic (exact) mass is 348 g/mol. The molecule has 0 saturated carbocycles. The number of aromatic nitrogens is 2. The highest BCUT2D eigenvalue weighted by Gasteiger charge is 2.35. The van der Waals surface area contributed by atoms with Crippen LogP contribution in [0.25, 0.3) is 5.69 Å². The van der Waals surface area contributed by atoms with E-state index in [1.807, 2.05) is 19.1 Å². The standard InChI is InChI=1S/C13H12BrF3N2O/c1-8(14)9-3-5-10(6-4-9)19-12(20-2)7-11(18-19)13(15,16)17/h3-8H,1-2H3. The van der Waals surface area contributed by atoms with Crippen molar-refractivity contribution in [2.45, 2.75) is 17.9 Å². The van der Waals surface area contributed by atoms with Gasteiger partial charge in [0.15, 0.2) is 5.69 Å². The largest absolute Gasteiger partial charge is 0.481 e. The lowest BCUT2D eigenvalue weighted by atomic mass is 10.1. The minimum atomic E-state index is -4.50. The van der Waals surface area contributed by atoms with E-state index in [2.05, 4.69) is 21.0 Å². The van der Waals surface area contributed by atoms with E-state index in [1.165, 1.54) is 7.11 Å². The maximum absolute atomic E-state index is 12.7. The van der Waals surface area contributed by atoms with Crippen molar-refractivity contribution in [2.24, 2.45) is 0 Å². The molecule has 108 valence electrons. The number of hydrogen-bond acceptors (Lipinski definition) is 2. The number of hydrogen-bond donors (Lipinski definition) is 0. The van der Waals surface area contributed by atoms with Gasteiger partial charge in [-0.25, -0.2) is 4.68 Å². The number of methoxy groups -OCH3 is 1. The van der Waals surface area contributed by atoms with Crippen molar-refractivity contribution in [1.29, 1.82) is 0 Å². The second-order valence-electron chi connectivity index (χ2n) is 4.19. The van der Waals surface area contributed by atoms with E-state index in [-0.39, 0.29) is 10.7 Å². The summed E-state index contributed by atoms with van der Waals surface area (Å²) in [6, 6.07) is 7.92. The summed E-state index contributed by atoms with van der Waals surface area (Å²) in [6.07, 6.45) is -4.50. The summed E-state index contributed by atoms with van der Waals surface area (Å²) in [5.74, 6) is 0.0389. The Balaban J connectivity index is 2.43. The molecule has 3 nitrogen and oxygen atoms in total. The molecular formula is C13H12BrF3N2O. The maximum atomic E-state index is 12.7. The SMILES string of the molecule is COc1cc(C(F)(F)F)nn1-c1ccc(C(C)Br)cc1. The molecule has 0 bridgehead atoms. The van der Waals surface area contributed by atoms with Crippen molar-refractivity contribution < 1.29 is 17.9 Å². The van der Waals surface area contributed by atoms with Gasteiger partial charge in [0.05, 0.1) is 12.8 Å². The van der Waals surface area contributed by atoms with E-state index in [4.69, 9.17) is 4.74 Å². The highest BCUT2D eigenvalue weighted by atomic mass is 79.9. The lowest BCUT2D eigenvalue weighted by Gasteiger charge is -2.08. The Bertz CT molecular complexity index is 591. The van der Waals surface area contributed by atoms with Gasteiger partial charge in [0, 0.05) is 10.9 Å². The molecule has 2 aromatic rings. The summed E-state index contributed by atoms with van der Waals surface area (Å²) in [6.45, 7) is 1.96. The minimum absolute atomic E-state index is 0.0389. The van der Waals surface area contributed by atoms with E-state index in [0.717, 1.165) is 16.3 Å². The van der Waals surface area contributed by atoms with Gasteiger partial charge in [-0.2, -0.15) is 18.3 Å². The maximum Gasteiger partial charge on any atom is 0.435 e. The molecule has 2 rings (SSSR count). The number of halogens is 4. The average molecular weight is 349 g/mol. The van der Waals surface area contributed by atoms with Crippen LogP contribution in [0.15, 0.2) is 30.3 Å². The van der Waals surface area contributed by atoms with Crippen molar-refractivity contribution in [3.63, 3.8) is 0 Å². The molecule has 1 atom stereocenters. The Kier molecular flexibility index (Phi) is 4.08. The normalized spacial score (nSPS) is 13.3. The van der Waals surface area contributed by atoms with Crippen LogP contribution >= 0.6 is 15.9 Å². The summed E-state index contributed by atoms with van der Waals surface area (Å²) in [5.41, 5.74) is 0.553. The fourth-order valence-corrected chi connectivity index (χ4v) is 2.02. The molecule has 1 aromatic heterocycles. The molecule has 1 unspecified atom stereocenters. The lowest BCUT2D eigenvalue weighted by molar-refractivity contribution is -0.141. The zero-order valence-electron chi connectivity index (χ0n) is 10.8. The third-order valence-corrected chi connectivity index (χ3v) is 3.30. The number of nitrogens with zero attached hydrogens (tertiary/aromatic N) is 2. The van der Waals surface area contributed by atoms with Gasteiger partial charge in [0.2, 0.25) is 5.88 Å². The molecule has 0 aliphatic carbocycles. The van der Waals surface area contributed by atoms with Crippen LogP contribution < -0.4 is 4.74 Å². The van der Waals surface area contributed by atoms with E-state index >= 15 is 0 Å². The summed E-state index contributed by atoms with van der Waals surface area (Å²) in [5, 5.41) is 3.55. The van der Waals surface area contributed by atoms with Gasteiger partial charge in [-0.3, -0.25) is 0 Å². The summed E-state index contributed by atoms with van der Waals surface area (Å²) in [7, 11) is 1.31. The Labute approximate surface area is 122 Å². The minimum Gasteiger partial charge on any atom is -0.481 e. The zero-order chi connectivity index (χ0) is 14.9. The highest BCUT2D eigenvalue weighted by Crippen LogP contribution is 2.32. The van der Waals surface area contributed by atoms with Gasteiger partial charge in [-0.15, -0.1) is 0 Å². The molecule has 0 spiro atoms. The van der Waals surface area contributed by atoms with Gasteiger partial charge in [-0.05, 0) is 24.6 Å². The first-order valence-corrected chi connectivity index (χ1v) is 6.70. The molecule has 0 aliphatic heterocycles. The molecule has 0 amide bonds. The van der Waals surface area contributed by atoms with Gasteiger partial charge >= 0.3 is 6.18 Å². The van der Waals surface area contributed by atoms with Gasteiger partial charge in [0.25, 0.3) is 0 Å². The number of benzene rings is 1. The fraction of sp³-hybridized carbons (Fsp3) is 0.308. The second-order valence-corrected chi connectivity index (χ2v) is 5.56. The van der Waals surface area contributed by atoms with Gasteiger partial charge < -0.3 is 4.74 Å². The molecule has 0 fully saturated rings. The molecule has 0 N–H and O–H groups in total. The molecule has 20 heavy (non-hydrogen) atoms. The Morgan fingerprint density at radius 2 is 1.85 bits per heavy atom. The number of rotatable bonds is 3. The van der Waals surface area contributed by atoms with Crippen LogP contribution in [0.1, 0.15) is 23.0 Å². The Hall–Kier alpha value is -1.50. The first kappa shape index (κ1) is 14.9. The predicted molar refractivity (Wildman–Crippen MR) is 72.5 cm³/mol. The Morgan fingerprint density at radius 3 is 2.30 bits per heavy atom. The number of ether oxygens (including phenoxy) is 1. The second kappa shape index (κ2) is 5.47. The van der Waals surface area contributed by atoms with Crippen LogP contribution in [-0.2, 0) is 6.18 Å². The topological polar surface area (TPSA) is 27.1 Å². The van der Waals surface area contributed by atoms with E-state index in [0.29, 0.717) is 5.69 Å². The molecular weight excluding hydrogens is 337 g/mol. The molecule has 7 heteroatoms. The van der Waals surface area contributed by atoms with Crippen molar-refractivity contribution in [3.05, 3.63) is 41.6 Å². The van der Waals surface area contributed by atoms with Crippen molar-refractivity contribution in [3.8, 4) is 11.6 Å². The Morgan fingerprint density at radius 1 is 1.25 bits per heavy atom. The van der Waals surface area contributed by atoms with E-state index in [9.17, 15) is 13.2 Å². The molecule has 1 heterocycles. The predicted octanol–water partition coefficient (Wildman–Crippen LogP) is 4.36. The van der Waals surface area contributed by atoms with Gasteiger partial charge in [-0.1, -0.05) is 28.1 Å². The van der Waals surface area contributed by atoms with E-state index in [1.54, 1.807) is 12.1 Å². The van der Waals surface area contributed by atoms with Crippen LogP contribution in [0.2, 0.25) is 0 Å². The first-order chi connectivity index (χ1) is 9.32. The smallest absolute Gasteiger partial charge is 0.435 e. The summed E-state index contributed by atoms with van der Waals surface area (Å²) >= 11 is 3.43. The van der Waals surface area contributed by atoms with Crippen LogP contribution in [-0.4, -0.2) is 16.9 Å². The third-order valence-electron chi connectivity index (χ3n) is 2.77. The van der Waals surface area contributed by atoms with Crippen molar-refractivity contribution in [1.82, 2.24) is 9.78 Å². The molecule has 1 aromatic carbocycles. The summed E-state index contributed by atoms with van der Waals surface area (Å²) < 4.78 is 44.1. The van der Waals surface area contributed by atoms with Crippen LogP contribution in [0, 0.1) is 0 Å². The van der Waals surface area contributed by atoms with E-state index < -0.39 is 11.9 Å². The quantitative estimate of drug-likeness (QED) is 0.770. The molecule has 0 aliphatic rings. The van der Waals surface area contributed by atoms with Gasteiger partial charge in [0.1, 0.15) is 0 Å². The van der Waals surface area contributed by atoms with Crippen molar-refractivity contribution in [2.75, 3.05) is 7.11 Å². The van der Waals surface area contributed by atoms with Crippen LogP contribution in [0.5, 0.6) is 5.88 Å². The molecule has 0 saturated heterocycles. The lowest BCUT2D eigenvalue weighted by Crippen LogP contribution is -2.07. The summed E-state index contributed by atoms with van der Waals surface area (Å²) in [4.78, 5) is 0.168. The highest BCUT2D eigenvalue weighted by molar-refractivity contribution is 9.09. The van der Waals surface area contributed by atoms with Crippen LogP contribution in [0.4, 0.5) is 13.2 Å². The average Bonchev–Trinajstić information content (AvgIpc) is 2.82. The van der Waals surface area contributed by atoms with Crippen LogP contribution in [0.3, 0.4) is 0 Å². The third kappa shape index (κ3) is 2.98. The first-order valence-electron chi connectivity index (χ1n) is 5.78. The fourth-order valence-electron chi connectivity index (χ4n) is 1.71.